The molecule has 126 valence electrons. The number of amides is 1. The molecule has 1 aromatic rings. The molecular weight excluding hydrogens is 290 g/mol. The molecule has 0 aromatic heterocycles. The number of carboxylic acids is 1. The molecule has 4 nitrogen and oxygen atoms in total. The average molecular weight is 317 g/mol. The van der Waals surface area contributed by atoms with E-state index in [0.717, 1.165) is 16.7 Å². The van der Waals surface area contributed by atoms with Gasteiger partial charge in [-0.25, -0.2) is 0 Å². The van der Waals surface area contributed by atoms with Crippen molar-refractivity contribution in [3.8, 4) is 0 Å². The molecule has 1 fully saturated rings. The van der Waals surface area contributed by atoms with E-state index in [9.17, 15) is 14.7 Å². The molecule has 0 bridgehead atoms. The van der Waals surface area contributed by atoms with Crippen LogP contribution in [0.15, 0.2) is 12.1 Å². The maximum Gasteiger partial charge on any atom is 0.311 e. The van der Waals surface area contributed by atoms with E-state index >= 15 is 0 Å². The van der Waals surface area contributed by atoms with E-state index < -0.39 is 11.4 Å². The Morgan fingerprint density at radius 3 is 2.22 bits per heavy atom. The molecule has 0 saturated carbocycles. The normalized spacial score (nSPS) is 21.0. The number of aliphatic carboxylic acids is 1. The molecule has 1 heterocycles. The molecule has 1 aliphatic rings. The van der Waals surface area contributed by atoms with Crippen LogP contribution < -0.4 is 0 Å². The quantitative estimate of drug-likeness (QED) is 0.928. The van der Waals surface area contributed by atoms with Gasteiger partial charge in [0, 0.05) is 13.1 Å². The average Bonchev–Trinajstić information content (AvgIpc) is 2.89. The number of benzene rings is 1. The molecule has 0 spiro atoms. The van der Waals surface area contributed by atoms with Gasteiger partial charge < -0.3 is 10.0 Å². The van der Waals surface area contributed by atoms with Gasteiger partial charge in [0.25, 0.3) is 0 Å². The Labute approximate surface area is 138 Å². The van der Waals surface area contributed by atoms with Gasteiger partial charge in [0.1, 0.15) is 0 Å². The van der Waals surface area contributed by atoms with E-state index in [2.05, 4.69) is 19.1 Å². The van der Waals surface area contributed by atoms with Gasteiger partial charge in [-0.2, -0.15) is 0 Å². The van der Waals surface area contributed by atoms with Gasteiger partial charge in [0.15, 0.2) is 0 Å². The zero-order valence-corrected chi connectivity index (χ0v) is 14.8. The Balaban J connectivity index is 2.16. The minimum Gasteiger partial charge on any atom is -0.481 e. The number of hydrogen-bond acceptors (Lipinski definition) is 2. The topological polar surface area (TPSA) is 57.6 Å². The lowest BCUT2D eigenvalue weighted by Crippen LogP contribution is -2.41. The molecule has 2 rings (SSSR count). The maximum absolute atomic E-state index is 12.7. The summed E-state index contributed by atoms with van der Waals surface area (Å²) in [6, 6.07) is 4.19. The van der Waals surface area contributed by atoms with Crippen molar-refractivity contribution in [2.75, 3.05) is 13.1 Å². The SMILES string of the molecule is Cc1cc(C)c(CC(=O)N2CCC(C(=O)O)(C(C)C)C2)c(C)c1. The second-order valence-electron chi connectivity index (χ2n) is 7.24. The third-order valence-corrected chi connectivity index (χ3v) is 5.35. The molecule has 23 heavy (non-hydrogen) atoms. The summed E-state index contributed by atoms with van der Waals surface area (Å²) in [5, 5.41) is 9.60. The van der Waals surface area contributed by atoms with Gasteiger partial charge in [-0.15, -0.1) is 0 Å². The van der Waals surface area contributed by atoms with Crippen LogP contribution >= 0.6 is 0 Å². The van der Waals surface area contributed by atoms with Gasteiger partial charge in [-0.1, -0.05) is 31.5 Å². The molecule has 0 aliphatic carbocycles. The van der Waals surface area contributed by atoms with Crippen molar-refractivity contribution in [1.29, 1.82) is 0 Å². The van der Waals surface area contributed by atoms with Crippen LogP contribution in [0.2, 0.25) is 0 Å². The second-order valence-corrected chi connectivity index (χ2v) is 7.24. The summed E-state index contributed by atoms with van der Waals surface area (Å²) in [5.74, 6) is -0.741. The number of likely N-dealkylation sites (tertiary alicyclic amines) is 1. The number of rotatable bonds is 4. The van der Waals surface area contributed by atoms with Gasteiger partial charge in [0.05, 0.1) is 11.8 Å². The molecule has 1 aromatic carbocycles. The summed E-state index contributed by atoms with van der Waals surface area (Å²) < 4.78 is 0. The highest BCUT2D eigenvalue weighted by atomic mass is 16.4. The van der Waals surface area contributed by atoms with Crippen LogP contribution in [0, 0.1) is 32.1 Å². The first-order chi connectivity index (χ1) is 10.7. The Morgan fingerprint density at radius 1 is 1.22 bits per heavy atom. The first-order valence-corrected chi connectivity index (χ1v) is 8.25. The summed E-state index contributed by atoms with van der Waals surface area (Å²) in [5.41, 5.74) is 3.72. The van der Waals surface area contributed by atoms with E-state index in [4.69, 9.17) is 0 Å². The number of hydrogen-bond donors (Lipinski definition) is 1. The summed E-state index contributed by atoms with van der Waals surface area (Å²) in [4.78, 5) is 26.1. The monoisotopic (exact) mass is 317 g/mol. The lowest BCUT2D eigenvalue weighted by atomic mass is 9.76. The Bertz CT molecular complexity index is 612. The Hall–Kier alpha value is -1.84. The van der Waals surface area contributed by atoms with Gasteiger partial charge >= 0.3 is 5.97 Å². The van der Waals surface area contributed by atoms with Gasteiger partial charge in [-0.05, 0) is 49.8 Å². The predicted octanol–water partition coefficient (Wildman–Crippen LogP) is 3.11. The fraction of sp³-hybridized carbons (Fsp3) is 0.579. The van der Waals surface area contributed by atoms with Crippen LogP contribution in [-0.4, -0.2) is 35.0 Å². The van der Waals surface area contributed by atoms with Gasteiger partial charge in [0.2, 0.25) is 5.91 Å². The Kier molecular flexibility index (Phi) is 4.83. The molecule has 1 saturated heterocycles. The first kappa shape index (κ1) is 17.5. The third kappa shape index (κ3) is 3.26. The van der Waals surface area contributed by atoms with Crippen LogP contribution in [-0.2, 0) is 16.0 Å². The van der Waals surface area contributed by atoms with Crippen molar-refractivity contribution in [2.45, 2.75) is 47.5 Å². The van der Waals surface area contributed by atoms with Crippen molar-refractivity contribution < 1.29 is 14.7 Å². The molecule has 1 aliphatic heterocycles. The van der Waals surface area contributed by atoms with Crippen LogP contribution in [0.4, 0.5) is 0 Å². The van der Waals surface area contributed by atoms with Crippen molar-refractivity contribution >= 4 is 11.9 Å². The number of carbonyl (C=O) groups is 2. The molecule has 1 atom stereocenters. The van der Waals surface area contributed by atoms with Crippen LogP contribution in [0.3, 0.4) is 0 Å². The van der Waals surface area contributed by atoms with Crippen LogP contribution in [0.25, 0.3) is 0 Å². The lowest BCUT2D eigenvalue weighted by molar-refractivity contribution is -0.151. The highest BCUT2D eigenvalue weighted by molar-refractivity contribution is 5.82. The summed E-state index contributed by atoms with van der Waals surface area (Å²) >= 11 is 0. The third-order valence-electron chi connectivity index (χ3n) is 5.35. The van der Waals surface area contributed by atoms with E-state index in [-0.39, 0.29) is 11.8 Å². The van der Waals surface area contributed by atoms with E-state index in [0.29, 0.717) is 25.9 Å². The molecule has 1 N–H and O–H groups in total. The minimum absolute atomic E-state index is 0.0145. The predicted molar refractivity (Wildman–Crippen MR) is 90.5 cm³/mol. The Morgan fingerprint density at radius 2 is 1.78 bits per heavy atom. The van der Waals surface area contributed by atoms with Gasteiger partial charge in [-0.3, -0.25) is 9.59 Å². The van der Waals surface area contributed by atoms with Crippen LogP contribution in [0.5, 0.6) is 0 Å². The van der Waals surface area contributed by atoms with Crippen LogP contribution in [0.1, 0.15) is 42.5 Å². The van der Waals surface area contributed by atoms with Crippen molar-refractivity contribution in [3.05, 3.63) is 34.4 Å². The smallest absolute Gasteiger partial charge is 0.311 e. The highest BCUT2D eigenvalue weighted by Crippen LogP contribution is 2.38. The molecule has 1 amide bonds. The zero-order chi connectivity index (χ0) is 17.4. The zero-order valence-electron chi connectivity index (χ0n) is 14.8. The van der Waals surface area contributed by atoms with E-state index in [1.54, 1.807) is 4.90 Å². The number of aryl methyl sites for hydroxylation is 3. The summed E-state index contributed by atoms with van der Waals surface area (Å²) in [6.07, 6.45) is 0.892. The second kappa shape index (κ2) is 6.34. The standard InChI is InChI=1S/C19H27NO3/c1-12(2)19(18(22)23)6-7-20(11-19)17(21)10-16-14(4)8-13(3)9-15(16)5/h8-9,12H,6-7,10-11H2,1-5H3,(H,22,23). The first-order valence-electron chi connectivity index (χ1n) is 8.25. The number of carboxylic acid groups (broad SMARTS) is 1. The largest absolute Gasteiger partial charge is 0.481 e. The summed E-state index contributed by atoms with van der Waals surface area (Å²) in [7, 11) is 0. The van der Waals surface area contributed by atoms with Crippen molar-refractivity contribution in [3.63, 3.8) is 0 Å². The summed E-state index contributed by atoms with van der Waals surface area (Å²) in [6.45, 7) is 10.8. The van der Waals surface area contributed by atoms with Crippen molar-refractivity contribution in [1.82, 2.24) is 4.90 Å². The molecular formula is C19H27NO3. The molecule has 4 heteroatoms. The minimum atomic E-state index is -0.799. The lowest BCUT2D eigenvalue weighted by Gasteiger charge is -2.28. The fourth-order valence-corrected chi connectivity index (χ4v) is 3.69. The van der Waals surface area contributed by atoms with Crippen molar-refractivity contribution in [2.24, 2.45) is 11.3 Å². The molecule has 1 unspecified atom stereocenters. The maximum atomic E-state index is 12.7. The fourth-order valence-electron chi connectivity index (χ4n) is 3.69. The number of nitrogens with zero attached hydrogens (tertiary/aromatic N) is 1. The number of carbonyl (C=O) groups excluding carboxylic acids is 1. The van der Waals surface area contributed by atoms with E-state index in [1.807, 2.05) is 27.7 Å². The van der Waals surface area contributed by atoms with E-state index in [1.165, 1.54) is 5.56 Å². The highest BCUT2D eigenvalue weighted by Gasteiger charge is 2.48. The molecule has 0 radical (unpaired) electrons.